The molecule has 1 saturated heterocycles. The number of carbonyl (C=O) groups excluding carboxylic acids is 4. The van der Waals surface area contributed by atoms with Crippen molar-refractivity contribution < 1.29 is 28.4 Å². The van der Waals surface area contributed by atoms with Crippen molar-refractivity contribution in [1.82, 2.24) is 5.16 Å². The molecule has 1 aliphatic rings. The summed E-state index contributed by atoms with van der Waals surface area (Å²) >= 11 is 0. The second kappa shape index (κ2) is 7.98. The maximum absolute atomic E-state index is 13.0. The summed E-state index contributed by atoms with van der Waals surface area (Å²) in [5.41, 5.74) is 2.23. The van der Waals surface area contributed by atoms with E-state index in [-0.39, 0.29) is 0 Å². The van der Waals surface area contributed by atoms with Gasteiger partial charge in [-0.25, -0.2) is 0 Å². The van der Waals surface area contributed by atoms with Gasteiger partial charge in [0.05, 0.1) is 13.2 Å². The van der Waals surface area contributed by atoms with E-state index in [1.165, 1.54) is 18.3 Å². The quantitative estimate of drug-likeness (QED) is 0.447. The van der Waals surface area contributed by atoms with Gasteiger partial charge in [0.15, 0.2) is 5.78 Å². The molecule has 2 aromatic carbocycles. The smallest absolute Gasteiger partial charge is 0.295 e. The first-order valence-electron chi connectivity index (χ1n) is 9.50. The van der Waals surface area contributed by atoms with Gasteiger partial charge in [-0.2, -0.15) is 0 Å². The molecule has 8 heteroatoms. The number of hydrogen-bond acceptors (Lipinski definition) is 7. The lowest BCUT2D eigenvalue weighted by Crippen LogP contribution is -2.32. The number of anilines is 1. The number of amides is 1. The number of ketones is 3. The highest BCUT2D eigenvalue weighted by atomic mass is 16.5. The molecule has 2 atom stereocenters. The van der Waals surface area contributed by atoms with E-state index in [2.05, 4.69) is 5.16 Å². The molecule has 31 heavy (non-hydrogen) atoms. The zero-order chi connectivity index (χ0) is 22.1. The molecule has 156 valence electrons. The molecule has 1 aliphatic heterocycles. The van der Waals surface area contributed by atoms with Crippen LogP contribution >= 0.6 is 0 Å². The van der Waals surface area contributed by atoms with Gasteiger partial charge in [-0.1, -0.05) is 35.5 Å². The van der Waals surface area contributed by atoms with Crippen LogP contribution in [-0.4, -0.2) is 35.5 Å². The van der Waals surface area contributed by atoms with E-state index in [0.29, 0.717) is 22.7 Å². The van der Waals surface area contributed by atoms with Crippen LogP contribution in [0.2, 0.25) is 0 Å². The number of carbonyl (C=O) groups is 4. The van der Waals surface area contributed by atoms with Crippen LogP contribution in [0.15, 0.2) is 65.4 Å². The summed E-state index contributed by atoms with van der Waals surface area (Å²) in [6, 6.07) is 14.2. The van der Waals surface area contributed by atoms with Crippen LogP contribution in [0.3, 0.4) is 0 Å². The molecule has 0 spiro atoms. The molecule has 0 bridgehead atoms. The van der Waals surface area contributed by atoms with Gasteiger partial charge in [-0.3, -0.25) is 24.1 Å². The summed E-state index contributed by atoms with van der Waals surface area (Å²) in [5.74, 6) is -4.51. The maximum atomic E-state index is 13.0. The third-order valence-electron chi connectivity index (χ3n) is 5.27. The lowest BCUT2D eigenvalue weighted by atomic mass is 9.87. The Hall–Kier alpha value is -4.07. The second-order valence-corrected chi connectivity index (χ2v) is 7.06. The van der Waals surface area contributed by atoms with Gasteiger partial charge in [0.2, 0.25) is 11.6 Å². The number of nitrogens with zero attached hydrogens (tertiary/aromatic N) is 2. The molecular weight excluding hydrogens is 400 g/mol. The van der Waals surface area contributed by atoms with E-state index in [4.69, 9.17) is 9.26 Å². The van der Waals surface area contributed by atoms with Gasteiger partial charge >= 0.3 is 0 Å². The SMILES string of the molecule is COc1ccccc1C1C(C(=O)C(C)=O)C(=O)C(=O)N1c1ccc(-c2ccon2)cc1. The van der Waals surface area contributed by atoms with Gasteiger partial charge in [0, 0.05) is 29.8 Å². The summed E-state index contributed by atoms with van der Waals surface area (Å²) in [4.78, 5) is 51.6. The van der Waals surface area contributed by atoms with Crippen molar-refractivity contribution in [3.8, 4) is 17.0 Å². The number of methoxy groups -OCH3 is 1. The molecule has 1 aromatic heterocycles. The average molecular weight is 418 g/mol. The highest BCUT2D eigenvalue weighted by Crippen LogP contribution is 2.43. The fraction of sp³-hybridized carbons (Fsp3) is 0.174. The van der Waals surface area contributed by atoms with Gasteiger partial charge in [0.1, 0.15) is 23.6 Å². The van der Waals surface area contributed by atoms with Crippen LogP contribution in [-0.2, 0) is 19.2 Å². The van der Waals surface area contributed by atoms with E-state index >= 15 is 0 Å². The van der Waals surface area contributed by atoms with E-state index in [1.807, 2.05) is 0 Å². The highest BCUT2D eigenvalue weighted by molar-refractivity contribution is 6.54. The largest absolute Gasteiger partial charge is 0.496 e. The molecule has 0 aliphatic carbocycles. The second-order valence-electron chi connectivity index (χ2n) is 7.06. The van der Waals surface area contributed by atoms with Crippen LogP contribution in [0, 0.1) is 5.92 Å². The first kappa shape index (κ1) is 20.2. The number of para-hydroxylation sites is 1. The van der Waals surface area contributed by atoms with Crippen molar-refractivity contribution in [2.45, 2.75) is 13.0 Å². The number of rotatable bonds is 6. The van der Waals surface area contributed by atoms with Crippen molar-refractivity contribution in [2.24, 2.45) is 5.92 Å². The highest BCUT2D eigenvalue weighted by Gasteiger charge is 2.53. The summed E-state index contributed by atoms with van der Waals surface area (Å²) in [5, 5.41) is 3.87. The molecule has 0 N–H and O–H groups in total. The fourth-order valence-corrected chi connectivity index (χ4v) is 3.81. The van der Waals surface area contributed by atoms with Crippen molar-refractivity contribution in [2.75, 3.05) is 12.0 Å². The summed E-state index contributed by atoms with van der Waals surface area (Å²) in [6.07, 6.45) is 1.45. The first-order chi connectivity index (χ1) is 14.9. The molecule has 0 radical (unpaired) electrons. The Bertz CT molecular complexity index is 1170. The average Bonchev–Trinajstić information content (AvgIpc) is 3.41. The first-order valence-corrected chi connectivity index (χ1v) is 9.50. The molecule has 2 unspecified atom stereocenters. The topological polar surface area (TPSA) is 107 Å². The lowest BCUT2D eigenvalue weighted by molar-refractivity contribution is -0.143. The fourth-order valence-electron chi connectivity index (χ4n) is 3.81. The third-order valence-corrected chi connectivity index (χ3v) is 5.27. The van der Waals surface area contributed by atoms with Crippen LogP contribution in [0.4, 0.5) is 5.69 Å². The molecule has 4 rings (SSSR count). The van der Waals surface area contributed by atoms with Crippen molar-refractivity contribution in [3.05, 3.63) is 66.4 Å². The maximum Gasteiger partial charge on any atom is 0.295 e. The monoisotopic (exact) mass is 418 g/mol. The van der Waals surface area contributed by atoms with E-state index < -0.39 is 35.2 Å². The van der Waals surface area contributed by atoms with Crippen LogP contribution in [0.25, 0.3) is 11.3 Å². The molecule has 0 saturated carbocycles. The van der Waals surface area contributed by atoms with Crippen molar-refractivity contribution in [1.29, 1.82) is 0 Å². The zero-order valence-corrected chi connectivity index (χ0v) is 16.8. The van der Waals surface area contributed by atoms with E-state index in [9.17, 15) is 19.2 Å². The Labute approximate surface area is 177 Å². The van der Waals surface area contributed by atoms with E-state index in [0.717, 1.165) is 12.5 Å². The predicted octanol–water partition coefficient (Wildman–Crippen LogP) is 2.78. The van der Waals surface area contributed by atoms with Crippen molar-refractivity contribution in [3.63, 3.8) is 0 Å². The Morgan fingerprint density at radius 3 is 2.35 bits per heavy atom. The number of Topliss-reactive ketones (excluding diaryl/α,β-unsaturated/α-hetero) is 3. The van der Waals surface area contributed by atoms with E-state index in [1.54, 1.807) is 54.6 Å². The number of aromatic nitrogens is 1. The minimum Gasteiger partial charge on any atom is -0.496 e. The summed E-state index contributed by atoms with van der Waals surface area (Å²) in [6.45, 7) is 1.09. The normalized spacial score (nSPS) is 18.3. The van der Waals surface area contributed by atoms with Crippen molar-refractivity contribution >= 4 is 28.9 Å². The molecule has 2 heterocycles. The Kier molecular flexibility index (Phi) is 5.21. The van der Waals surface area contributed by atoms with Crippen LogP contribution in [0.5, 0.6) is 5.75 Å². The predicted molar refractivity (Wildman–Crippen MR) is 109 cm³/mol. The third kappa shape index (κ3) is 3.42. The zero-order valence-electron chi connectivity index (χ0n) is 16.8. The van der Waals surface area contributed by atoms with Gasteiger partial charge < -0.3 is 9.26 Å². The number of benzene rings is 2. The van der Waals surface area contributed by atoms with Gasteiger partial charge in [-0.05, 0) is 18.2 Å². The summed E-state index contributed by atoms with van der Waals surface area (Å²) < 4.78 is 10.3. The molecular formula is C23H18N2O6. The standard InChI is InChI=1S/C23H18N2O6/c1-13(26)21(27)19-20(16-5-3-4-6-18(16)30-2)25(23(29)22(19)28)15-9-7-14(8-10-15)17-11-12-31-24-17/h3-12,19-20H,1-2H3. The number of ether oxygens (including phenoxy) is 1. The van der Waals surface area contributed by atoms with Gasteiger partial charge in [-0.15, -0.1) is 0 Å². The number of hydrogen-bond donors (Lipinski definition) is 0. The summed E-state index contributed by atoms with van der Waals surface area (Å²) in [7, 11) is 1.45. The van der Waals surface area contributed by atoms with Gasteiger partial charge in [0.25, 0.3) is 5.91 Å². The Balaban J connectivity index is 1.84. The molecule has 1 amide bonds. The van der Waals surface area contributed by atoms with Crippen LogP contribution < -0.4 is 9.64 Å². The molecule has 1 fully saturated rings. The Morgan fingerprint density at radius 1 is 1.03 bits per heavy atom. The van der Waals surface area contributed by atoms with Crippen LogP contribution in [0.1, 0.15) is 18.5 Å². The molecule has 3 aromatic rings. The molecule has 8 nitrogen and oxygen atoms in total. The minimum absolute atomic E-state index is 0.403. The Morgan fingerprint density at radius 2 is 1.74 bits per heavy atom. The lowest BCUT2D eigenvalue weighted by Gasteiger charge is -2.28. The minimum atomic E-state index is -1.45.